The molecule has 2 aromatic rings. The number of aromatic nitrogens is 3. The number of hydrogen-bond donors (Lipinski definition) is 1. The van der Waals surface area contributed by atoms with Gasteiger partial charge in [0.05, 0.1) is 0 Å². The van der Waals surface area contributed by atoms with Gasteiger partial charge in [0.2, 0.25) is 0 Å². The van der Waals surface area contributed by atoms with Crippen molar-refractivity contribution in [3.63, 3.8) is 0 Å². The van der Waals surface area contributed by atoms with Crippen molar-refractivity contribution in [2.75, 3.05) is 23.3 Å². The number of halogens is 4. The first-order valence-electron chi connectivity index (χ1n) is 7.45. The van der Waals surface area contributed by atoms with Gasteiger partial charge in [-0.2, -0.15) is 13.2 Å². The highest BCUT2D eigenvalue weighted by Gasteiger charge is 2.33. The predicted octanol–water partition coefficient (Wildman–Crippen LogP) is 3.11. The number of pyridine rings is 1. The van der Waals surface area contributed by atoms with Gasteiger partial charge in [-0.25, -0.2) is 19.3 Å². The zero-order chi connectivity index (χ0) is 17.2. The molecule has 3 rings (SSSR count). The standard InChI is InChI=1S/C15H15F4N5/c16-11-4-1-5-20-14(11)24-6-2-3-10(8-24)23-13-7-12(15(17,18)19)21-9-22-13/h1,4-5,7,9-10H,2-3,6,8H2,(H,21,22,23). The highest BCUT2D eigenvalue weighted by Crippen LogP contribution is 2.29. The monoisotopic (exact) mass is 341 g/mol. The molecular formula is C15H15F4N5. The van der Waals surface area contributed by atoms with E-state index in [1.54, 1.807) is 4.90 Å². The van der Waals surface area contributed by atoms with Crippen LogP contribution in [0.1, 0.15) is 18.5 Å². The average Bonchev–Trinajstić information content (AvgIpc) is 2.55. The van der Waals surface area contributed by atoms with E-state index in [1.165, 1.54) is 18.3 Å². The van der Waals surface area contributed by atoms with Crippen molar-refractivity contribution in [2.45, 2.75) is 25.1 Å². The molecule has 0 radical (unpaired) electrons. The predicted molar refractivity (Wildman–Crippen MR) is 80.1 cm³/mol. The molecule has 1 fully saturated rings. The van der Waals surface area contributed by atoms with Gasteiger partial charge in [0.15, 0.2) is 11.6 Å². The zero-order valence-corrected chi connectivity index (χ0v) is 12.6. The van der Waals surface area contributed by atoms with Crippen LogP contribution in [0, 0.1) is 5.82 Å². The molecule has 1 unspecified atom stereocenters. The van der Waals surface area contributed by atoms with Gasteiger partial charge in [0.1, 0.15) is 17.8 Å². The number of hydrogen-bond acceptors (Lipinski definition) is 5. The summed E-state index contributed by atoms with van der Waals surface area (Å²) >= 11 is 0. The van der Waals surface area contributed by atoms with Gasteiger partial charge in [0.25, 0.3) is 0 Å². The third-order valence-electron chi connectivity index (χ3n) is 3.77. The highest BCUT2D eigenvalue weighted by atomic mass is 19.4. The fourth-order valence-electron chi connectivity index (χ4n) is 2.70. The first-order chi connectivity index (χ1) is 11.4. The van der Waals surface area contributed by atoms with E-state index in [1.807, 2.05) is 0 Å². The van der Waals surface area contributed by atoms with Crippen LogP contribution < -0.4 is 10.2 Å². The number of rotatable bonds is 3. The summed E-state index contributed by atoms with van der Waals surface area (Å²) in [5.41, 5.74) is -0.997. The lowest BCUT2D eigenvalue weighted by Gasteiger charge is -2.34. The summed E-state index contributed by atoms with van der Waals surface area (Å²) in [7, 11) is 0. The molecule has 1 saturated heterocycles. The largest absolute Gasteiger partial charge is 0.433 e. The number of nitrogens with zero attached hydrogens (tertiary/aromatic N) is 4. The summed E-state index contributed by atoms with van der Waals surface area (Å²) in [4.78, 5) is 12.9. The number of piperidine rings is 1. The van der Waals surface area contributed by atoms with Crippen LogP contribution in [-0.2, 0) is 6.18 Å². The highest BCUT2D eigenvalue weighted by molar-refractivity contribution is 5.43. The third-order valence-corrected chi connectivity index (χ3v) is 3.77. The van der Waals surface area contributed by atoms with E-state index in [-0.39, 0.29) is 17.7 Å². The molecule has 0 aromatic carbocycles. The molecule has 9 heteroatoms. The van der Waals surface area contributed by atoms with Crippen molar-refractivity contribution in [1.29, 1.82) is 0 Å². The van der Waals surface area contributed by atoms with Crippen LogP contribution in [-0.4, -0.2) is 34.1 Å². The molecule has 0 bridgehead atoms. The number of nitrogens with one attached hydrogen (secondary N) is 1. The third kappa shape index (κ3) is 3.72. The molecule has 1 atom stereocenters. The van der Waals surface area contributed by atoms with Crippen LogP contribution in [0.15, 0.2) is 30.7 Å². The molecule has 0 spiro atoms. The molecule has 3 heterocycles. The second-order valence-corrected chi connectivity index (χ2v) is 5.52. The summed E-state index contributed by atoms with van der Waals surface area (Å²) in [6.07, 6.45) is -0.615. The lowest BCUT2D eigenvalue weighted by molar-refractivity contribution is -0.141. The molecule has 1 aliphatic rings. The van der Waals surface area contributed by atoms with Crippen molar-refractivity contribution < 1.29 is 17.6 Å². The van der Waals surface area contributed by atoms with Gasteiger partial charge in [-0.15, -0.1) is 0 Å². The molecule has 128 valence electrons. The van der Waals surface area contributed by atoms with E-state index >= 15 is 0 Å². The average molecular weight is 341 g/mol. The van der Waals surface area contributed by atoms with Crippen molar-refractivity contribution in [3.8, 4) is 0 Å². The van der Waals surface area contributed by atoms with Gasteiger partial charge in [-0.05, 0) is 25.0 Å². The Morgan fingerprint density at radius 2 is 2.04 bits per heavy atom. The van der Waals surface area contributed by atoms with Crippen LogP contribution in [0.3, 0.4) is 0 Å². The quantitative estimate of drug-likeness (QED) is 0.870. The Labute approximate surface area is 135 Å². The number of alkyl halides is 3. The first kappa shape index (κ1) is 16.4. The van der Waals surface area contributed by atoms with Crippen molar-refractivity contribution in [3.05, 3.63) is 42.2 Å². The Morgan fingerprint density at radius 1 is 1.21 bits per heavy atom. The van der Waals surface area contributed by atoms with Crippen LogP contribution in [0.5, 0.6) is 0 Å². The van der Waals surface area contributed by atoms with Crippen LogP contribution in [0.2, 0.25) is 0 Å². The van der Waals surface area contributed by atoms with E-state index in [9.17, 15) is 17.6 Å². The lowest BCUT2D eigenvalue weighted by Crippen LogP contribution is -2.43. The van der Waals surface area contributed by atoms with E-state index in [4.69, 9.17) is 0 Å². The Bertz CT molecular complexity index is 706. The summed E-state index contributed by atoms with van der Waals surface area (Å²) in [6, 6.07) is 3.56. The van der Waals surface area contributed by atoms with Crippen LogP contribution >= 0.6 is 0 Å². The maximum Gasteiger partial charge on any atom is 0.433 e. The SMILES string of the molecule is Fc1cccnc1N1CCCC(Nc2cc(C(F)(F)F)ncn2)C1. The Kier molecular flexibility index (Phi) is 4.50. The molecular weight excluding hydrogens is 326 g/mol. The minimum atomic E-state index is -4.52. The van der Waals surface area contributed by atoms with Gasteiger partial charge >= 0.3 is 6.18 Å². The van der Waals surface area contributed by atoms with E-state index in [0.29, 0.717) is 13.1 Å². The van der Waals surface area contributed by atoms with Gasteiger partial charge in [-0.1, -0.05) is 0 Å². The molecule has 0 aliphatic carbocycles. The zero-order valence-electron chi connectivity index (χ0n) is 12.6. The summed E-state index contributed by atoms with van der Waals surface area (Å²) < 4.78 is 51.9. The minimum absolute atomic E-state index is 0.102. The second-order valence-electron chi connectivity index (χ2n) is 5.52. The first-order valence-corrected chi connectivity index (χ1v) is 7.45. The molecule has 1 N–H and O–H groups in total. The molecule has 2 aromatic heterocycles. The minimum Gasteiger partial charge on any atom is -0.365 e. The second kappa shape index (κ2) is 6.58. The van der Waals surface area contributed by atoms with Gasteiger partial charge in [-0.3, -0.25) is 0 Å². The van der Waals surface area contributed by atoms with E-state index in [2.05, 4.69) is 20.3 Å². The molecule has 0 amide bonds. The summed E-state index contributed by atoms with van der Waals surface area (Å²) in [5.74, 6) is -0.0621. The fraction of sp³-hybridized carbons (Fsp3) is 0.400. The van der Waals surface area contributed by atoms with E-state index < -0.39 is 17.7 Å². The maximum atomic E-state index is 13.8. The molecule has 24 heavy (non-hydrogen) atoms. The van der Waals surface area contributed by atoms with Crippen LogP contribution in [0.4, 0.5) is 29.2 Å². The molecule has 5 nitrogen and oxygen atoms in total. The lowest BCUT2D eigenvalue weighted by atomic mass is 10.1. The van der Waals surface area contributed by atoms with Crippen molar-refractivity contribution in [1.82, 2.24) is 15.0 Å². The Hall–Kier alpha value is -2.45. The molecule has 0 saturated carbocycles. The van der Waals surface area contributed by atoms with Gasteiger partial charge < -0.3 is 10.2 Å². The smallest absolute Gasteiger partial charge is 0.365 e. The Balaban J connectivity index is 1.71. The number of anilines is 2. The van der Waals surface area contributed by atoms with Gasteiger partial charge in [0, 0.05) is 31.4 Å². The Morgan fingerprint density at radius 3 is 2.79 bits per heavy atom. The topological polar surface area (TPSA) is 53.9 Å². The van der Waals surface area contributed by atoms with Crippen LogP contribution in [0.25, 0.3) is 0 Å². The van der Waals surface area contributed by atoms with Crippen molar-refractivity contribution >= 4 is 11.6 Å². The summed E-state index contributed by atoms with van der Waals surface area (Å²) in [6.45, 7) is 1.07. The fourth-order valence-corrected chi connectivity index (χ4v) is 2.70. The summed E-state index contributed by atoms with van der Waals surface area (Å²) in [5, 5.41) is 2.97. The van der Waals surface area contributed by atoms with E-state index in [0.717, 1.165) is 25.2 Å². The maximum absolute atomic E-state index is 13.8. The normalized spacial score (nSPS) is 18.5. The molecule has 1 aliphatic heterocycles. The van der Waals surface area contributed by atoms with Crippen molar-refractivity contribution in [2.24, 2.45) is 0 Å².